The molecule has 2 heterocycles. The van der Waals surface area contributed by atoms with E-state index in [0.717, 1.165) is 44.7 Å². The standard InChI is InChI=1S/C32H27BrN4O2S/c1-3-22-14-16-23(17-15-22)29-27-12-8-9-13-28(27)32(36(34-29)25-10-6-5-7-11-25)37(26-20-18-24(33)19-21-26)35-30(40-32)31(38)39-4-2/h5-21H,3-4H2,1-2H3/t32-/m1/s1. The number of benzene rings is 4. The first-order chi connectivity index (χ1) is 19.5. The Labute approximate surface area is 246 Å². The summed E-state index contributed by atoms with van der Waals surface area (Å²) < 4.78 is 6.38. The number of carbonyl (C=O) groups is 1. The minimum absolute atomic E-state index is 0.263. The van der Waals surface area contributed by atoms with E-state index in [1.54, 1.807) is 6.92 Å². The van der Waals surface area contributed by atoms with Gasteiger partial charge in [0.1, 0.15) is 0 Å². The van der Waals surface area contributed by atoms with Gasteiger partial charge >= 0.3 is 5.97 Å². The normalized spacial score (nSPS) is 17.9. The van der Waals surface area contributed by atoms with Crippen molar-refractivity contribution >= 4 is 55.8 Å². The smallest absolute Gasteiger partial charge is 0.365 e. The van der Waals surface area contributed by atoms with Gasteiger partial charge in [-0.1, -0.05) is 89.6 Å². The van der Waals surface area contributed by atoms with Crippen LogP contribution in [0.2, 0.25) is 0 Å². The number of fused-ring (bicyclic) bond motifs is 2. The van der Waals surface area contributed by atoms with Crippen LogP contribution in [0.25, 0.3) is 0 Å². The third-order valence-corrected chi connectivity index (χ3v) is 8.72. The average Bonchev–Trinajstić information content (AvgIpc) is 3.39. The van der Waals surface area contributed by atoms with Crippen molar-refractivity contribution in [1.82, 2.24) is 0 Å². The first-order valence-corrected chi connectivity index (χ1v) is 14.8. The fraction of sp³-hybridized carbons (Fsp3) is 0.156. The van der Waals surface area contributed by atoms with Gasteiger partial charge in [-0.25, -0.2) is 14.8 Å². The molecule has 1 atom stereocenters. The van der Waals surface area contributed by atoms with E-state index in [4.69, 9.17) is 14.9 Å². The molecule has 1 spiro atoms. The molecule has 0 N–H and O–H groups in total. The Hall–Kier alpha value is -3.88. The third-order valence-electron chi connectivity index (χ3n) is 6.89. The number of ether oxygens (including phenoxy) is 1. The SMILES string of the molecule is CCOC(=O)C1=NN(c2ccc(Br)cc2)[C@@]2(S1)c1ccccc1C(c1ccc(CC)cc1)=NN2c1ccccc1. The van der Waals surface area contributed by atoms with E-state index in [2.05, 4.69) is 59.3 Å². The molecule has 2 aliphatic rings. The zero-order valence-corrected chi connectivity index (χ0v) is 24.5. The molecule has 0 fully saturated rings. The Balaban J connectivity index is 1.62. The molecule has 0 unspecified atom stereocenters. The van der Waals surface area contributed by atoms with Crippen LogP contribution in [0.4, 0.5) is 11.4 Å². The summed E-state index contributed by atoms with van der Waals surface area (Å²) in [5.41, 5.74) is 6.78. The second-order valence-electron chi connectivity index (χ2n) is 9.32. The van der Waals surface area contributed by atoms with Gasteiger partial charge in [-0.05, 0) is 67.1 Å². The van der Waals surface area contributed by atoms with Crippen LogP contribution >= 0.6 is 27.7 Å². The van der Waals surface area contributed by atoms with Crippen molar-refractivity contribution in [2.75, 3.05) is 16.6 Å². The van der Waals surface area contributed by atoms with Gasteiger partial charge in [-0.2, -0.15) is 10.2 Å². The molecule has 8 heteroatoms. The minimum atomic E-state index is -1.03. The number of halogens is 1. The lowest BCUT2D eigenvalue weighted by Gasteiger charge is -2.47. The summed E-state index contributed by atoms with van der Waals surface area (Å²) in [6.07, 6.45) is 0.968. The van der Waals surface area contributed by atoms with Crippen molar-refractivity contribution in [2.24, 2.45) is 10.2 Å². The van der Waals surface area contributed by atoms with E-state index in [1.807, 2.05) is 76.7 Å². The van der Waals surface area contributed by atoms with Crippen LogP contribution in [0, 0.1) is 0 Å². The Morgan fingerprint density at radius 2 is 1.48 bits per heavy atom. The molecule has 0 amide bonds. The number of hydrazone groups is 2. The number of hydrogen-bond donors (Lipinski definition) is 0. The van der Waals surface area contributed by atoms with Crippen molar-refractivity contribution in [1.29, 1.82) is 0 Å². The summed E-state index contributed by atoms with van der Waals surface area (Å²) in [5, 5.41) is 14.4. The molecule has 6 rings (SSSR count). The number of esters is 1. The maximum absolute atomic E-state index is 13.1. The highest BCUT2D eigenvalue weighted by molar-refractivity contribution is 9.10. The molecule has 0 radical (unpaired) electrons. The zero-order valence-electron chi connectivity index (χ0n) is 22.1. The van der Waals surface area contributed by atoms with Crippen LogP contribution in [-0.4, -0.2) is 23.3 Å². The molecule has 0 bridgehead atoms. The van der Waals surface area contributed by atoms with Crippen molar-refractivity contribution in [2.45, 2.75) is 25.3 Å². The molecule has 4 aromatic carbocycles. The van der Waals surface area contributed by atoms with Gasteiger partial charge in [-0.15, -0.1) is 0 Å². The molecule has 0 saturated carbocycles. The predicted octanol–water partition coefficient (Wildman–Crippen LogP) is 7.52. The molecule has 0 aliphatic carbocycles. The number of hydrogen-bond acceptors (Lipinski definition) is 7. The van der Waals surface area contributed by atoms with Gasteiger partial charge in [0.15, 0.2) is 0 Å². The van der Waals surface area contributed by atoms with Crippen LogP contribution in [0.1, 0.15) is 36.1 Å². The first-order valence-electron chi connectivity index (χ1n) is 13.2. The highest BCUT2D eigenvalue weighted by Crippen LogP contribution is 2.55. The van der Waals surface area contributed by atoms with E-state index >= 15 is 0 Å². The largest absolute Gasteiger partial charge is 0.461 e. The topological polar surface area (TPSA) is 57.5 Å². The second kappa shape index (κ2) is 10.9. The van der Waals surface area contributed by atoms with Crippen LogP contribution in [-0.2, 0) is 20.9 Å². The quantitative estimate of drug-likeness (QED) is 0.211. The molecular formula is C32H27BrN4O2S. The maximum Gasteiger partial charge on any atom is 0.365 e. The van der Waals surface area contributed by atoms with Gasteiger partial charge in [-0.3, -0.25) is 0 Å². The number of aryl methyl sites for hydroxylation is 1. The Morgan fingerprint density at radius 3 is 2.17 bits per heavy atom. The van der Waals surface area contributed by atoms with Gasteiger partial charge in [0.2, 0.25) is 10.0 Å². The monoisotopic (exact) mass is 610 g/mol. The second-order valence-corrected chi connectivity index (χ2v) is 11.4. The summed E-state index contributed by atoms with van der Waals surface area (Å²) in [6.45, 7) is 4.21. The number of nitrogens with zero attached hydrogens (tertiary/aromatic N) is 4. The molecule has 0 aromatic heterocycles. The van der Waals surface area contributed by atoms with Gasteiger partial charge in [0.05, 0.1) is 23.7 Å². The first kappa shape index (κ1) is 26.3. The molecule has 200 valence electrons. The van der Waals surface area contributed by atoms with E-state index in [1.165, 1.54) is 17.3 Å². The average molecular weight is 612 g/mol. The summed E-state index contributed by atoms with van der Waals surface area (Å²) >= 11 is 4.90. The number of rotatable bonds is 6. The lowest BCUT2D eigenvalue weighted by atomic mass is 9.92. The molecule has 4 aromatic rings. The molecule has 0 saturated heterocycles. The summed E-state index contributed by atoms with van der Waals surface area (Å²) in [6, 6.07) is 34.7. The molecule has 40 heavy (non-hydrogen) atoms. The van der Waals surface area contributed by atoms with Crippen molar-refractivity contribution in [3.63, 3.8) is 0 Å². The number of carbonyl (C=O) groups excluding carboxylic acids is 1. The lowest BCUT2D eigenvalue weighted by molar-refractivity contribution is -0.134. The Kier molecular flexibility index (Phi) is 7.21. The molecular weight excluding hydrogens is 584 g/mol. The van der Waals surface area contributed by atoms with Crippen LogP contribution < -0.4 is 10.0 Å². The van der Waals surface area contributed by atoms with Crippen molar-refractivity contribution < 1.29 is 9.53 Å². The predicted molar refractivity (Wildman–Crippen MR) is 167 cm³/mol. The van der Waals surface area contributed by atoms with Crippen LogP contribution in [0.15, 0.2) is 118 Å². The third kappa shape index (κ3) is 4.51. The van der Waals surface area contributed by atoms with Crippen molar-refractivity contribution in [3.05, 3.63) is 130 Å². The van der Waals surface area contributed by atoms with Gasteiger partial charge < -0.3 is 4.74 Å². The summed E-state index contributed by atoms with van der Waals surface area (Å²) in [5.74, 6) is -0.457. The zero-order chi connectivity index (χ0) is 27.7. The van der Waals surface area contributed by atoms with Gasteiger partial charge in [0.25, 0.3) is 0 Å². The fourth-order valence-electron chi connectivity index (χ4n) is 4.97. The molecule has 2 aliphatic heterocycles. The van der Waals surface area contributed by atoms with E-state index in [-0.39, 0.29) is 11.7 Å². The molecule has 6 nitrogen and oxygen atoms in total. The van der Waals surface area contributed by atoms with E-state index in [0.29, 0.717) is 0 Å². The lowest BCUT2D eigenvalue weighted by Crippen LogP contribution is -2.54. The summed E-state index contributed by atoms with van der Waals surface area (Å²) in [7, 11) is 0. The maximum atomic E-state index is 13.1. The highest BCUT2D eigenvalue weighted by Gasteiger charge is 2.56. The summed E-state index contributed by atoms with van der Waals surface area (Å²) in [4.78, 5) is 12.1. The minimum Gasteiger partial charge on any atom is -0.461 e. The highest BCUT2D eigenvalue weighted by atomic mass is 79.9. The van der Waals surface area contributed by atoms with Crippen LogP contribution in [0.3, 0.4) is 0 Å². The van der Waals surface area contributed by atoms with Crippen LogP contribution in [0.5, 0.6) is 0 Å². The number of anilines is 2. The fourth-order valence-corrected chi connectivity index (χ4v) is 6.52. The van der Waals surface area contributed by atoms with Gasteiger partial charge in [0, 0.05) is 21.2 Å². The Bertz CT molecular complexity index is 1610. The number of thioether (sulfide) groups is 1. The van der Waals surface area contributed by atoms with E-state index < -0.39 is 11.0 Å². The Morgan fingerprint density at radius 1 is 0.825 bits per heavy atom. The number of para-hydroxylation sites is 1. The van der Waals surface area contributed by atoms with Crippen molar-refractivity contribution in [3.8, 4) is 0 Å². The van der Waals surface area contributed by atoms with E-state index in [9.17, 15) is 4.79 Å².